The van der Waals surface area contributed by atoms with E-state index < -0.39 is 0 Å². The van der Waals surface area contributed by atoms with Crippen molar-refractivity contribution in [3.8, 4) is 0 Å². The molecule has 3 rings (SSSR count). The molecule has 0 spiro atoms. The summed E-state index contributed by atoms with van der Waals surface area (Å²) in [5.74, 6) is 0.713. The highest BCUT2D eigenvalue weighted by atomic mass is 32.1. The molecule has 2 aliphatic rings. The number of ketones is 1. The number of fused-ring (bicyclic) bond motifs is 1. The molecule has 0 bridgehead atoms. The van der Waals surface area contributed by atoms with Crippen LogP contribution >= 0.6 is 11.3 Å². The van der Waals surface area contributed by atoms with Crippen LogP contribution in [0.2, 0.25) is 0 Å². The van der Waals surface area contributed by atoms with Gasteiger partial charge in [-0.2, -0.15) is 0 Å². The van der Waals surface area contributed by atoms with Crippen LogP contribution in [0.25, 0.3) is 0 Å². The highest BCUT2D eigenvalue weighted by Gasteiger charge is 2.35. The Morgan fingerprint density at radius 2 is 2.05 bits per heavy atom. The average Bonchev–Trinajstić information content (AvgIpc) is 3.11. The van der Waals surface area contributed by atoms with Gasteiger partial charge in [-0.15, -0.1) is 11.3 Å². The zero-order chi connectivity index (χ0) is 14.3. The Bertz CT molecular complexity index is 554. The first-order valence-electron chi connectivity index (χ1n) is 7.46. The Morgan fingerprint density at radius 3 is 2.70 bits per heavy atom. The van der Waals surface area contributed by atoms with Gasteiger partial charge in [0.05, 0.1) is 12.2 Å². The van der Waals surface area contributed by atoms with Crippen LogP contribution in [0.15, 0.2) is 0 Å². The molecule has 1 heterocycles. The SMILES string of the molecule is CCOC(=O)c1c(CC(=O)C2CC2)sc2c1C(C)CC2. The minimum atomic E-state index is -0.239. The number of hydrogen-bond acceptors (Lipinski definition) is 4. The molecule has 1 unspecified atom stereocenters. The monoisotopic (exact) mass is 292 g/mol. The van der Waals surface area contributed by atoms with Crippen LogP contribution in [0.4, 0.5) is 0 Å². The van der Waals surface area contributed by atoms with E-state index in [4.69, 9.17) is 4.74 Å². The highest BCUT2D eigenvalue weighted by molar-refractivity contribution is 7.12. The lowest BCUT2D eigenvalue weighted by atomic mass is 9.98. The zero-order valence-corrected chi connectivity index (χ0v) is 12.8. The molecule has 0 radical (unpaired) electrons. The van der Waals surface area contributed by atoms with Gasteiger partial charge in [-0.25, -0.2) is 4.79 Å². The Labute approximate surface area is 123 Å². The molecule has 0 aromatic carbocycles. The molecule has 20 heavy (non-hydrogen) atoms. The second-order valence-electron chi connectivity index (χ2n) is 5.81. The van der Waals surface area contributed by atoms with Crippen LogP contribution < -0.4 is 0 Å². The largest absolute Gasteiger partial charge is 0.462 e. The van der Waals surface area contributed by atoms with E-state index in [2.05, 4.69) is 6.92 Å². The van der Waals surface area contributed by atoms with Crippen LogP contribution in [0.5, 0.6) is 0 Å². The van der Waals surface area contributed by atoms with Gasteiger partial charge < -0.3 is 4.74 Å². The third kappa shape index (κ3) is 2.41. The molecular formula is C16H20O3S. The van der Waals surface area contributed by atoms with Crippen molar-refractivity contribution in [3.63, 3.8) is 0 Å². The first kappa shape index (κ1) is 13.8. The van der Waals surface area contributed by atoms with Crippen LogP contribution in [-0.4, -0.2) is 18.4 Å². The molecule has 108 valence electrons. The quantitative estimate of drug-likeness (QED) is 0.780. The molecule has 1 atom stereocenters. The minimum absolute atomic E-state index is 0.239. The maximum Gasteiger partial charge on any atom is 0.339 e. The normalized spacial score (nSPS) is 20.8. The molecule has 0 amide bonds. The zero-order valence-electron chi connectivity index (χ0n) is 12.0. The summed E-state index contributed by atoms with van der Waals surface area (Å²) in [5.41, 5.74) is 1.87. The molecule has 1 fully saturated rings. The summed E-state index contributed by atoms with van der Waals surface area (Å²) in [6.45, 7) is 4.37. The van der Waals surface area contributed by atoms with E-state index >= 15 is 0 Å². The van der Waals surface area contributed by atoms with Gasteiger partial charge in [-0.05, 0) is 44.1 Å². The van der Waals surface area contributed by atoms with Gasteiger partial charge in [0.2, 0.25) is 0 Å². The van der Waals surface area contributed by atoms with Crippen LogP contribution in [0.1, 0.15) is 64.7 Å². The van der Waals surface area contributed by atoms with Gasteiger partial charge in [0.25, 0.3) is 0 Å². The van der Waals surface area contributed by atoms with Crippen molar-refractivity contribution in [2.45, 2.75) is 51.9 Å². The summed E-state index contributed by atoms with van der Waals surface area (Å²) >= 11 is 1.66. The number of rotatable bonds is 5. The van der Waals surface area contributed by atoms with Crippen molar-refractivity contribution in [1.82, 2.24) is 0 Å². The molecule has 2 aliphatic carbocycles. The maximum absolute atomic E-state index is 12.3. The van der Waals surface area contributed by atoms with Crippen LogP contribution in [0.3, 0.4) is 0 Å². The van der Waals surface area contributed by atoms with Gasteiger partial charge in [0, 0.05) is 22.1 Å². The fourth-order valence-electron chi connectivity index (χ4n) is 3.00. The van der Waals surface area contributed by atoms with E-state index in [-0.39, 0.29) is 11.9 Å². The van der Waals surface area contributed by atoms with Crippen molar-refractivity contribution in [2.75, 3.05) is 6.61 Å². The molecule has 3 nitrogen and oxygen atoms in total. The number of ether oxygens (including phenoxy) is 1. The Hall–Kier alpha value is -1.16. The summed E-state index contributed by atoms with van der Waals surface area (Å²) in [7, 11) is 0. The van der Waals surface area contributed by atoms with Crippen molar-refractivity contribution in [3.05, 3.63) is 20.9 Å². The number of thiophene rings is 1. The van der Waals surface area contributed by atoms with E-state index in [1.165, 1.54) is 4.88 Å². The van der Waals surface area contributed by atoms with Crippen molar-refractivity contribution in [2.24, 2.45) is 5.92 Å². The highest BCUT2D eigenvalue weighted by Crippen LogP contribution is 2.43. The first-order valence-corrected chi connectivity index (χ1v) is 8.27. The summed E-state index contributed by atoms with van der Waals surface area (Å²) in [4.78, 5) is 26.6. The van der Waals surface area contributed by atoms with Crippen molar-refractivity contribution in [1.29, 1.82) is 0 Å². The summed E-state index contributed by atoms with van der Waals surface area (Å²) in [6.07, 6.45) is 4.60. The van der Waals surface area contributed by atoms with Gasteiger partial charge >= 0.3 is 5.97 Å². The fourth-order valence-corrected chi connectivity index (χ4v) is 4.44. The van der Waals surface area contributed by atoms with Crippen LogP contribution in [-0.2, 0) is 22.4 Å². The molecule has 0 N–H and O–H groups in total. The summed E-state index contributed by atoms with van der Waals surface area (Å²) in [5, 5.41) is 0. The molecule has 1 aromatic rings. The fraction of sp³-hybridized carbons (Fsp3) is 0.625. The Morgan fingerprint density at radius 1 is 1.30 bits per heavy atom. The number of carbonyl (C=O) groups excluding carboxylic acids is 2. The Kier molecular flexibility index (Phi) is 3.67. The lowest BCUT2D eigenvalue weighted by Gasteiger charge is -2.09. The molecule has 1 aromatic heterocycles. The van der Waals surface area contributed by atoms with Crippen LogP contribution in [0, 0.1) is 5.92 Å². The van der Waals surface area contributed by atoms with E-state index in [0.717, 1.165) is 36.1 Å². The first-order chi connectivity index (χ1) is 9.61. The smallest absolute Gasteiger partial charge is 0.339 e. The maximum atomic E-state index is 12.3. The molecule has 4 heteroatoms. The second kappa shape index (κ2) is 5.32. The Balaban J connectivity index is 1.94. The van der Waals surface area contributed by atoms with Gasteiger partial charge in [-0.1, -0.05) is 6.92 Å². The van der Waals surface area contributed by atoms with Crippen molar-refractivity contribution >= 4 is 23.1 Å². The molecule has 1 saturated carbocycles. The molecule has 0 saturated heterocycles. The predicted octanol–water partition coefficient (Wildman–Crippen LogP) is 3.50. The number of carbonyl (C=O) groups is 2. The second-order valence-corrected chi connectivity index (χ2v) is 7.00. The summed E-state index contributed by atoms with van der Waals surface area (Å²) < 4.78 is 5.21. The summed E-state index contributed by atoms with van der Waals surface area (Å²) in [6, 6.07) is 0. The van der Waals surface area contributed by atoms with Gasteiger partial charge in [-0.3, -0.25) is 4.79 Å². The number of hydrogen-bond donors (Lipinski definition) is 0. The number of Topliss-reactive ketones (excluding diaryl/α,β-unsaturated/α-hetero) is 1. The van der Waals surface area contributed by atoms with Gasteiger partial charge in [0.1, 0.15) is 5.78 Å². The topological polar surface area (TPSA) is 43.4 Å². The lowest BCUT2D eigenvalue weighted by Crippen LogP contribution is -2.12. The minimum Gasteiger partial charge on any atom is -0.462 e. The molecule has 0 aliphatic heterocycles. The standard InChI is InChI=1S/C16H20O3S/c1-3-19-16(18)15-13(8-11(17)10-5-6-10)20-12-7-4-9(2)14(12)15/h9-10H,3-8H2,1-2H3. The van der Waals surface area contributed by atoms with Crippen molar-refractivity contribution < 1.29 is 14.3 Å². The third-order valence-corrected chi connectivity index (χ3v) is 5.50. The predicted molar refractivity (Wildman–Crippen MR) is 78.4 cm³/mol. The van der Waals surface area contributed by atoms with E-state index in [1.807, 2.05) is 6.92 Å². The molecular weight excluding hydrogens is 272 g/mol. The van der Waals surface area contributed by atoms with Gasteiger partial charge in [0.15, 0.2) is 0 Å². The van der Waals surface area contributed by atoms with E-state index in [0.29, 0.717) is 30.3 Å². The average molecular weight is 292 g/mol. The van der Waals surface area contributed by atoms with E-state index in [1.54, 1.807) is 11.3 Å². The third-order valence-electron chi connectivity index (χ3n) is 4.24. The van der Waals surface area contributed by atoms with E-state index in [9.17, 15) is 9.59 Å². The number of aryl methyl sites for hydroxylation is 1. The lowest BCUT2D eigenvalue weighted by molar-refractivity contribution is -0.119. The number of esters is 1.